The van der Waals surface area contributed by atoms with Crippen molar-refractivity contribution in [3.63, 3.8) is 0 Å². The number of aromatic nitrogens is 2. The number of rotatable bonds is 3. The average molecular weight is 461 g/mol. The Morgan fingerprint density at radius 3 is 2.58 bits per heavy atom. The Kier molecular flexibility index (Phi) is 5.49. The van der Waals surface area contributed by atoms with Crippen LogP contribution in [0.5, 0.6) is 0 Å². The largest absolute Gasteiger partial charge is 0.486 e. The van der Waals surface area contributed by atoms with Crippen molar-refractivity contribution in [1.82, 2.24) is 9.97 Å². The third kappa shape index (κ3) is 3.91. The fourth-order valence-electron chi connectivity index (χ4n) is 3.57. The van der Waals surface area contributed by atoms with E-state index >= 15 is 0 Å². The Morgan fingerprint density at radius 2 is 1.87 bits per heavy atom. The van der Waals surface area contributed by atoms with Crippen LogP contribution in [0.2, 0.25) is 5.15 Å². The number of aromatic amines is 1. The maximum atomic E-state index is 13.6. The molecule has 0 saturated carbocycles. The lowest BCUT2D eigenvalue weighted by Crippen LogP contribution is -2.07. The number of pyridine rings is 1. The van der Waals surface area contributed by atoms with Crippen LogP contribution in [0.1, 0.15) is 16.7 Å². The van der Waals surface area contributed by atoms with E-state index in [4.69, 9.17) is 28.6 Å². The van der Waals surface area contributed by atoms with Crippen molar-refractivity contribution in [2.45, 2.75) is 13.1 Å². The highest BCUT2D eigenvalue weighted by molar-refractivity contribution is 7.80. The molecule has 0 unspecified atom stereocenters. The third-order valence-electron chi connectivity index (χ3n) is 4.99. The highest BCUT2D eigenvalue weighted by atomic mass is 35.5. The summed E-state index contributed by atoms with van der Waals surface area (Å²) in [4.78, 5) is 7.47. The lowest BCUT2D eigenvalue weighted by Gasteiger charge is -2.16. The molecule has 0 amide bonds. The van der Waals surface area contributed by atoms with Crippen molar-refractivity contribution >= 4 is 39.8 Å². The number of benzene rings is 2. The molecule has 4 aromatic rings. The predicted octanol–water partition coefficient (Wildman–Crippen LogP) is 7.20. The fraction of sp³-hybridized carbons (Fsp3) is 0.130. The highest BCUT2D eigenvalue weighted by Crippen LogP contribution is 2.43. The summed E-state index contributed by atoms with van der Waals surface area (Å²) in [6, 6.07) is 12.5. The molecule has 0 fully saturated rings. The maximum absolute atomic E-state index is 13.6. The Bertz CT molecular complexity index is 1310. The molecule has 31 heavy (non-hydrogen) atoms. The number of alkyl halides is 3. The van der Waals surface area contributed by atoms with Gasteiger partial charge in [0.25, 0.3) is 0 Å². The number of nitrogens with one attached hydrogen (secondary N) is 1. The molecule has 0 aliphatic carbocycles. The second-order valence-corrected chi connectivity index (χ2v) is 7.76. The third-order valence-corrected chi connectivity index (χ3v) is 5.66. The molecule has 0 aliphatic rings. The fourth-order valence-corrected chi connectivity index (χ4v) is 4.04. The molecule has 0 bridgehead atoms. The SMILES string of the molecule is COC(=S)c1cccnc1-c1ccc(C(F)(F)F)cc1-c1c(Cl)[nH]c2cc(C)ccc12. The molecule has 2 heterocycles. The summed E-state index contributed by atoms with van der Waals surface area (Å²) in [6.45, 7) is 1.93. The van der Waals surface area contributed by atoms with Crippen LogP contribution in [0, 0.1) is 6.92 Å². The van der Waals surface area contributed by atoms with Gasteiger partial charge in [-0.05, 0) is 60.6 Å². The van der Waals surface area contributed by atoms with E-state index in [-0.39, 0.29) is 10.2 Å². The first kappa shape index (κ1) is 21.3. The number of nitrogens with zero attached hydrogens (tertiary/aromatic N) is 1. The molecule has 0 saturated heterocycles. The van der Waals surface area contributed by atoms with Crippen LogP contribution in [0.25, 0.3) is 33.3 Å². The predicted molar refractivity (Wildman–Crippen MR) is 120 cm³/mol. The summed E-state index contributed by atoms with van der Waals surface area (Å²) in [5.74, 6) is 0. The van der Waals surface area contributed by atoms with Gasteiger partial charge in [0.05, 0.1) is 23.9 Å². The van der Waals surface area contributed by atoms with Crippen LogP contribution in [-0.2, 0) is 10.9 Å². The van der Waals surface area contributed by atoms with Gasteiger partial charge in [-0.1, -0.05) is 29.8 Å². The van der Waals surface area contributed by atoms with Gasteiger partial charge in [0.2, 0.25) is 0 Å². The van der Waals surface area contributed by atoms with E-state index in [0.717, 1.165) is 23.2 Å². The molecule has 0 spiro atoms. The highest BCUT2D eigenvalue weighted by Gasteiger charge is 2.32. The van der Waals surface area contributed by atoms with Gasteiger partial charge in [0.15, 0.2) is 5.05 Å². The van der Waals surface area contributed by atoms with Gasteiger partial charge >= 0.3 is 6.18 Å². The van der Waals surface area contributed by atoms with Crippen LogP contribution in [0.4, 0.5) is 13.2 Å². The Balaban J connectivity index is 2.07. The van der Waals surface area contributed by atoms with E-state index in [9.17, 15) is 13.2 Å². The van der Waals surface area contributed by atoms with E-state index in [1.54, 1.807) is 18.3 Å². The second kappa shape index (κ2) is 7.98. The Labute approximate surface area is 186 Å². The van der Waals surface area contributed by atoms with Gasteiger partial charge in [0, 0.05) is 28.2 Å². The number of halogens is 4. The molecule has 158 valence electrons. The molecule has 0 radical (unpaired) electrons. The first-order chi connectivity index (χ1) is 14.7. The number of H-pyrrole nitrogens is 1. The summed E-state index contributed by atoms with van der Waals surface area (Å²) < 4.78 is 45.9. The smallest absolute Gasteiger partial charge is 0.416 e. The first-order valence-electron chi connectivity index (χ1n) is 9.24. The topological polar surface area (TPSA) is 37.9 Å². The van der Waals surface area contributed by atoms with E-state index < -0.39 is 11.7 Å². The van der Waals surface area contributed by atoms with Gasteiger partial charge in [-0.3, -0.25) is 4.98 Å². The molecule has 4 rings (SSSR count). The van der Waals surface area contributed by atoms with Crippen molar-refractivity contribution in [2.75, 3.05) is 7.11 Å². The van der Waals surface area contributed by atoms with Crippen LogP contribution < -0.4 is 0 Å². The van der Waals surface area contributed by atoms with E-state index in [2.05, 4.69) is 9.97 Å². The lowest BCUT2D eigenvalue weighted by molar-refractivity contribution is -0.137. The molecular weight excluding hydrogens is 445 g/mol. The van der Waals surface area contributed by atoms with Gasteiger partial charge < -0.3 is 9.72 Å². The van der Waals surface area contributed by atoms with Gasteiger partial charge in [-0.15, -0.1) is 0 Å². The molecule has 0 atom stereocenters. The molecule has 2 aromatic carbocycles. The van der Waals surface area contributed by atoms with Gasteiger partial charge in [-0.2, -0.15) is 13.2 Å². The minimum atomic E-state index is -4.52. The number of methoxy groups -OCH3 is 1. The molecular formula is C23H16ClF3N2OS. The molecule has 0 aliphatic heterocycles. The summed E-state index contributed by atoms with van der Waals surface area (Å²) >= 11 is 11.8. The monoisotopic (exact) mass is 460 g/mol. The standard InChI is InChI=1S/C23H16ClF3N2OS/c1-12-5-7-15-18(10-12)29-21(24)19(15)17-11-13(23(25,26)27)6-8-14(17)20-16(22(31)30-2)4-3-9-28-20/h3-11,29H,1-2H3. The zero-order chi connectivity index (χ0) is 22.3. The lowest BCUT2D eigenvalue weighted by atomic mass is 9.92. The van der Waals surface area contributed by atoms with Crippen LogP contribution in [0.15, 0.2) is 54.7 Å². The van der Waals surface area contributed by atoms with Gasteiger partial charge in [0.1, 0.15) is 5.15 Å². The molecule has 3 nitrogen and oxygen atoms in total. The summed E-state index contributed by atoms with van der Waals surface area (Å²) in [5, 5.41) is 1.14. The minimum absolute atomic E-state index is 0.189. The number of ether oxygens (including phenoxy) is 1. The molecule has 2 aromatic heterocycles. The molecule has 1 N–H and O–H groups in total. The van der Waals surface area contributed by atoms with E-state index in [1.165, 1.54) is 13.2 Å². The van der Waals surface area contributed by atoms with Crippen LogP contribution in [0.3, 0.4) is 0 Å². The normalized spacial score (nSPS) is 11.7. The van der Waals surface area contributed by atoms with Crippen molar-refractivity contribution in [2.24, 2.45) is 0 Å². The van der Waals surface area contributed by atoms with Crippen molar-refractivity contribution in [3.8, 4) is 22.4 Å². The number of fused-ring (bicyclic) bond motifs is 1. The zero-order valence-electron chi connectivity index (χ0n) is 16.5. The van der Waals surface area contributed by atoms with Crippen molar-refractivity contribution in [1.29, 1.82) is 0 Å². The average Bonchev–Trinajstić information content (AvgIpc) is 3.06. The second-order valence-electron chi connectivity index (χ2n) is 7.01. The number of hydrogen-bond donors (Lipinski definition) is 1. The summed E-state index contributed by atoms with van der Waals surface area (Å²) in [5.41, 5.74) is 3.10. The van der Waals surface area contributed by atoms with Crippen LogP contribution >= 0.6 is 23.8 Å². The Morgan fingerprint density at radius 1 is 1.10 bits per heavy atom. The molecule has 8 heteroatoms. The van der Waals surface area contributed by atoms with Gasteiger partial charge in [-0.25, -0.2) is 0 Å². The summed E-state index contributed by atoms with van der Waals surface area (Å²) in [6.07, 6.45) is -2.96. The van der Waals surface area contributed by atoms with Crippen molar-refractivity contribution in [3.05, 3.63) is 76.6 Å². The van der Waals surface area contributed by atoms with Crippen molar-refractivity contribution < 1.29 is 17.9 Å². The van der Waals surface area contributed by atoms with Crippen LogP contribution in [-0.4, -0.2) is 22.1 Å². The summed E-state index contributed by atoms with van der Waals surface area (Å²) in [7, 11) is 1.44. The van der Waals surface area contributed by atoms with E-state index in [0.29, 0.717) is 33.3 Å². The minimum Gasteiger partial charge on any atom is -0.486 e. The quantitative estimate of drug-likeness (QED) is 0.328. The maximum Gasteiger partial charge on any atom is 0.416 e. The first-order valence-corrected chi connectivity index (χ1v) is 10.0. The zero-order valence-corrected chi connectivity index (χ0v) is 18.0. The Hall–Kier alpha value is -2.90. The number of thiocarbonyl (C=S) groups is 1. The number of aryl methyl sites for hydroxylation is 1. The number of hydrogen-bond acceptors (Lipinski definition) is 3. The van der Waals surface area contributed by atoms with E-state index in [1.807, 2.05) is 25.1 Å².